The van der Waals surface area contributed by atoms with Gasteiger partial charge in [-0.1, -0.05) is 41.6 Å². The van der Waals surface area contributed by atoms with Crippen molar-refractivity contribution in [1.29, 1.82) is 0 Å². The Morgan fingerprint density at radius 2 is 1.63 bits per heavy atom. The minimum Gasteiger partial charge on any atom is -0.487 e. The number of aliphatic carboxylic acids is 1. The smallest absolute Gasteiger partial charge is 0.307 e. The number of aromatic nitrogens is 1. The predicted octanol–water partition coefficient (Wildman–Crippen LogP) is 6.25. The van der Waals surface area contributed by atoms with E-state index in [1.807, 2.05) is 78.9 Å². The fourth-order valence-electron chi connectivity index (χ4n) is 2.97. The molecule has 0 amide bonds. The number of pyridine rings is 1. The van der Waals surface area contributed by atoms with Crippen LogP contribution in [0.25, 0.3) is 10.9 Å². The van der Waals surface area contributed by atoms with Gasteiger partial charge in [0.25, 0.3) is 0 Å². The van der Waals surface area contributed by atoms with Crippen molar-refractivity contribution in [3.05, 3.63) is 95.1 Å². The number of carboxylic acids is 1. The fourth-order valence-corrected chi connectivity index (χ4v) is 3.96. The van der Waals surface area contributed by atoms with E-state index in [0.29, 0.717) is 11.6 Å². The summed E-state index contributed by atoms with van der Waals surface area (Å²) < 4.78 is 5.87. The zero-order valence-corrected chi connectivity index (χ0v) is 17.5. The lowest BCUT2D eigenvalue weighted by Gasteiger charge is -2.08. The zero-order valence-electron chi connectivity index (χ0n) is 15.9. The van der Waals surface area contributed by atoms with E-state index in [0.717, 1.165) is 37.7 Å². The van der Waals surface area contributed by atoms with Crippen LogP contribution in [0.4, 0.5) is 0 Å². The van der Waals surface area contributed by atoms with Crippen molar-refractivity contribution < 1.29 is 14.6 Å². The first kappa shape index (κ1) is 20.3. The second kappa shape index (κ2) is 9.20. The number of hydrogen-bond acceptors (Lipinski definition) is 4. The van der Waals surface area contributed by atoms with Gasteiger partial charge in [0.1, 0.15) is 12.4 Å². The maximum atomic E-state index is 10.8. The van der Waals surface area contributed by atoms with Gasteiger partial charge in [0.15, 0.2) is 0 Å². The highest BCUT2D eigenvalue weighted by atomic mass is 35.5. The number of fused-ring (bicyclic) bond motifs is 1. The molecule has 0 atom stereocenters. The molecule has 0 saturated heterocycles. The second-order valence-electron chi connectivity index (χ2n) is 6.72. The molecule has 0 aliphatic heterocycles. The summed E-state index contributed by atoms with van der Waals surface area (Å²) in [4.78, 5) is 17.5. The topological polar surface area (TPSA) is 59.4 Å². The fraction of sp³-hybridized carbons (Fsp3) is 0.0833. The van der Waals surface area contributed by atoms with Crippen LogP contribution in [-0.2, 0) is 17.8 Å². The molecule has 1 aromatic heterocycles. The van der Waals surface area contributed by atoms with Crippen LogP contribution in [0.2, 0.25) is 5.02 Å². The highest BCUT2D eigenvalue weighted by molar-refractivity contribution is 7.99. The molecule has 3 aromatic carbocycles. The summed E-state index contributed by atoms with van der Waals surface area (Å²) in [7, 11) is 0. The Morgan fingerprint density at radius 3 is 2.33 bits per heavy atom. The number of benzene rings is 3. The maximum absolute atomic E-state index is 10.8. The normalized spacial score (nSPS) is 10.8. The van der Waals surface area contributed by atoms with Gasteiger partial charge in [-0.15, -0.1) is 0 Å². The Morgan fingerprint density at radius 1 is 0.933 bits per heavy atom. The average Bonchev–Trinajstić information content (AvgIpc) is 2.74. The summed E-state index contributed by atoms with van der Waals surface area (Å²) in [6, 6.07) is 25.0. The number of nitrogens with zero attached hydrogens (tertiary/aromatic N) is 1. The van der Waals surface area contributed by atoms with Crippen molar-refractivity contribution >= 4 is 40.2 Å². The van der Waals surface area contributed by atoms with Crippen molar-refractivity contribution in [2.45, 2.75) is 22.8 Å². The molecule has 6 heteroatoms. The number of halogens is 1. The monoisotopic (exact) mass is 435 g/mol. The number of ether oxygens (including phenoxy) is 1. The van der Waals surface area contributed by atoms with Crippen molar-refractivity contribution in [3.63, 3.8) is 0 Å². The van der Waals surface area contributed by atoms with Crippen LogP contribution in [0.3, 0.4) is 0 Å². The van der Waals surface area contributed by atoms with Gasteiger partial charge in [0, 0.05) is 20.2 Å². The predicted molar refractivity (Wildman–Crippen MR) is 119 cm³/mol. The molecule has 150 valence electrons. The zero-order chi connectivity index (χ0) is 20.9. The van der Waals surface area contributed by atoms with E-state index in [1.165, 1.54) is 0 Å². The van der Waals surface area contributed by atoms with Gasteiger partial charge < -0.3 is 9.84 Å². The minimum atomic E-state index is -0.825. The van der Waals surface area contributed by atoms with Gasteiger partial charge in [-0.3, -0.25) is 4.79 Å². The van der Waals surface area contributed by atoms with E-state index in [-0.39, 0.29) is 6.42 Å². The first-order chi connectivity index (χ1) is 14.5. The van der Waals surface area contributed by atoms with E-state index in [4.69, 9.17) is 21.4 Å². The van der Waals surface area contributed by atoms with Crippen LogP contribution >= 0.6 is 23.4 Å². The molecule has 0 unspecified atom stereocenters. The first-order valence-electron chi connectivity index (χ1n) is 9.32. The molecule has 0 fully saturated rings. The van der Waals surface area contributed by atoms with Gasteiger partial charge in [-0.25, -0.2) is 4.98 Å². The first-order valence-corrected chi connectivity index (χ1v) is 10.5. The van der Waals surface area contributed by atoms with E-state index in [2.05, 4.69) is 4.98 Å². The van der Waals surface area contributed by atoms with Gasteiger partial charge in [-0.2, -0.15) is 0 Å². The third-order valence-corrected chi connectivity index (χ3v) is 5.68. The molecule has 1 heterocycles. The molecule has 0 bridgehead atoms. The summed E-state index contributed by atoms with van der Waals surface area (Å²) >= 11 is 7.63. The lowest BCUT2D eigenvalue weighted by Crippen LogP contribution is -1.99. The van der Waals surface area contributed by atoms with Crippen LogP contribution in [0, 0.1) is 0 Å². The Labute approximate surface area is 183 Å². The van der Waals surface area contributed by atoms with Gasteiger partial charge in [0.2, 0.25) is 0 Å². The Balaban J connectivity index is 1.35. The van der Waals surface area contributed by atoms with Crippen LogP contribution in [0.15, 0.2) is 88.7 Å². The molecule has 0 radical (unpaired) electrons. The lowest BCUT2D eigenvalue weighted by atomic mass is 10.2. The standard InChI is InChI=1S/C24H18ClNO3S/c25-18-4-12-23-17(14-18)3-5-19(26-23)15-29-20-6-10-22(11-7-20)30-21-8-1-16(2-9-21)13-24(27)28/h1-12,14H,13,15H2,(H,27,28). The summed E-state index contributed by atoms with van der Waals surface area (Å²) in [5.41, 5.74) is 2.53. The SMILES string of the molecule is O=C(O)Cc1ccc(Sc2ccc(OCc3ccc4cc(Cl)ccc4n3)cc2)cc1. The molecule has 0 saturated carbocycles. The largest absolute Gasteiger partial charge is 0.487 e. The van der Waals surface area contributed by atoms with Crippen LogP contribution in [-0.4, -0.2) is 16.1 Å². The third kappa shape index (κ3) is 5.32. The summed E-state index contributed by atoms with van der Waals surface area (Å²) in [6.45, 7) is 0.385. The number of carbonyl (C=O) groups is 1. The molecule has 30 heavy (non-hydrogen) atoms. The molecular formula is C24H18ClNO3S. The van der Waals surface area contributed by atoms with Gasteiger partial charge in [0.05, 0.1) is 17.6 Å². The molecule has 4 nitrogen and oxygen atoms in total. The lowest BCUT2D eigenvalue weighted by molar-refractivity contribution is -0.136. The summed E-state index contributed by atoms with van der Waals surface area (Å²) in [6.07, 6.45) is 0.0385. The Bertz CT molecular complexity index is 1180. The molecule has 4 aromatic rings. The van der Waals surface area contributed by atoms with E-state index >= 15 is 0 Å². The molecule has 0 spiro atoms. The van der Waals surface area contributed by atoms with Crippen LogP contribution in [0.1, 0.15) is 11.3 Å². The van der Waals surface area contributed by atoms with E-state index in [1.54, 1.807) is 11.8 Å². The van der Waals surface area contributed by atoms with Crippen LogP contribution in [0.5, 0.6) is 5.75 Å². The van der Waals surface area contributed by atoms with Crippen molar-refractivity contribution in [2.75, 3.05) is 0 Å². The maximum Gasteiger partial charge on any atom is 0.307 e. The number of hydrogen-bond donors (Lipinski definition) is 1. The van der Waals surface area contributed by atoms with E-state index in [9.17, 15) is 4.79 Å². The summed E-state index contributed by atoms with van der Waals surface area (Å²) in [5.74, 6) is -0.0524. The summed E-state index contributed by atoms with van der Waals surface area (Å²) in [5, 5.41) is 10.5. The third-order valence-electron chi connectivity index (χ3n) is 4.43. The van der Waals surface area contributed by atoms with E-state index < -0.39 is 5.97 Å². The molecule has 0 aliphatic carbocycles. The van der Waals surface area contributed by atoms with Gasteiger partial charge >= 0.3 is 5.97 Å². The second-order valence-corrected chi connectivity index (χ2v) is 8.30. The highest BCUT2D eigenvalue weighted by Crippen LogP contribution is 2.29. The van der Waals surface area contributed by atoms with Crippen LogP contribution < -0.4 is 4.74 Å². The molecule has 0 aliphatic rings. The molecule has 1 N–H and O–H groups in total. The Kier molecular flexibility index (Phi) is 6.21. The average molecular weight is 436 g/mol. The van der Waals surface area contributed by atoms with Crippen molar-refractivity contribution in [3.8, 4) is 5.75 Å². The van der Waals surface area contributed by atoms with Crippen molar-refractivity contribution in [2.24, 2.45) is 0 Å². The molecule has 4 rings (SSSR count). The highest BCUT2D eigenvalue weighted by Gasteiger charge is 2.04. The van der Waals surface area contributed by atoms with Crippen molar-refractivity contribution in [1.82, 2.24) is 4.98 Å². The quantitative estimate of drug-likeness (QED) is 0.372. The number of carboxylic acid groups (broad SMARTS) is 1. The van der Waals surface area contributed by atoms with Gasteiger partial charge in [-0.05, 0) is 66.2 Å². The minimum absolute atomic E-state index is 0.0385. The number of rotatable bonds is 7. The Hall–Kier alpha value is -3.02. The molecular weight excluding hydrogens is 418 g/mol.